The normalized spacial score (nSPS) is 13.0. The fourth-order valence-corrected chi connectivity index (χ4v) is 3.35. The van der Waals surface area contributed by atoms with Gasteiger partial charge in [0.15, 0.2) is 0 Å². The molecule has 0 radical (unpaired) electrons. The molecule has 2 heterocycles. The number of aromatic nitrogens is 2. The van der Waals surface area contributed by atoms with Crippen LogP contribution in [0.25, 0.3) is 10.1 Å². The van der Waals surface area contributed by atoms with Gasteiger partial charge in [-0.2, -0.15) is 0 Å². The second-order valence-corrected chi connectivity index (χ2v) is 5.33. The molecule has 2 aromatic heterocycles. The van der Waals surface area contributed by atoms with Crippen molar-refractivity contribution in [2.45, 2.75) is 11.8 Å². The van der Waals surface area contributed by atoms with Crippen LogP contribution in [0.1, 0.15) is 16.8 Å². The van der Waals surface area contributed by atoms with Crippen LogP contribution in [0.3, 0.4) is 0 Å². The molecule has 0 aliphatic heterocycles. The zero-order valence-electron chi connectivity index (χ0n) is 9.06. The van der Waals surface area contributed by atoms with Crippen LogP contribution in [0.15, 0.2) is 42.0 Å². The van der Waals surface area contributed by atoms with E-state index in [2.05, 4.69) is 39.6 Å². The van der Waals surface area contributed by atoms with Crippen molar-refractivity contribution in [3.63, 3.8) is 0 Å². The maximum Gasteiger partial charge on any atom is 0.107 e. The Bertz CT molecular complexity index is 615. The summed E-state index contributed by atoms with van der Waals surface area (Å²) in [6.07, 6.45) is 4.31. The number of aromatic amines is 1. The molecule has 1 unspecified atom stereocenters. The highest BCUT2D eigenvalue weighted by molar-refractivity contribution is 7.17. The second kappa shape index (κ2) is 4.51. The number of rotatable bonds is 3. The maximum absolute atomic E-state index is 6.46. The topological polar surface area (TPSA) is 28.7 Å². The molecule has 4 heteroatoms. The van der Waals surface area contributed by atoms with E-state index in [1.807, 2.05) is 6.20 Å². The number of hydrogen-bond donors (Lipinski definition) is 1. The van der Waals surface area contributed by atoms with Gasteiger partial charge < -0.3 is 4.98 Å². The van der Waals surface area contributed by atoms with Gasteiger partial charge in [0.2, 0.25) is 0 Å². The number of H-pyrrole nitrogens is 1. The molecule has 3 aromatic rings. The summed E-state index contributed by atoms with van der Waals surface area (Å²) in [7, 11) is 0. The van der Waals surface area contributed by atoms with E-state index >= 15 is 0 Å². The minimum absolute atomic E-state index is 0.0303. The Balaban J connectivity index is 1.93. The quantitative estimate of drug-likeness (QED) is 0.706. The molecular weight excluding hydrogens is 252 g/mol. The van der Waals surface area contributed by atoms with E-state index in [9.17, 15) is 0 Å². The van der Waals surface area contributed by atoms with Gasteiger partial charge in [-0.3, -0.25) is 0 Å². The lowest BCUT2D eigenvalue weighted by Gasteiger charge is -2.06. The van der Waals surface area contributed by atoms with Crippen LogP contribution >= 0.6 is 22.9 Å². The molecule has 86 valence electrons. The summed E-state index contributed by atoms with van der Waals surface area (Å²) in [5.41, 5.74) is 1.20. The van der Waals surface area contributed by atoms with E-state index in [-0.39, 0.29) is 5.38 Å². The summed E-state index contributed by atoms with van der Waals surface area (Å²) in [5.74, 6) is 0.931. The highest BCUT2D eigenvalue weighted by Crippen LogP contribution is 2.34. The minimum Gasteiger partial charge on any atom is -0.349 e. The predicted octanol–water partition coefficient (Wildman–Crippen LogP) is 4.15. The third-order valence-corrected chi connectivity index (χ3v) is 4.15. The number of nitrogens with zero attached hydrogens (tertiary/aromatic N) is 1. The Kier molecular flexibility index (Phi) is 2.87. The Morgan fingerprint density at radius 2 is 2.24 bits per heavy atom. The van der Waals surface area contributed by atoms with Crippen molar-refractivity contribution >= 4 is 33.0 Å². The number of benzene rings is 1. The number of thiophene rings is 1. The summed E-state index contributed by atoms with van der Waals surface area (Å²) in [5, 5.41) is 3.37. The van der Waals surface area contributed by atoms with Crippen LogP contribution in [0, 0.1) is 0 Å². The second-order valence-electron chi connectivity index (χ2n) is 3.89. The van der Waals surface area contributed by atoms with E-state index in [1.165, 1.54) is 15.6 Å². The molecule has 0 fully saturated rings. The average Bonchev–Trinajstić information content (AvgIpc) is 2.96. The van der Waals surface area contributed by atoms with Crippen LogP contribution in [0.5, 0.6) is 0 Å². The highest BCUT2D eigenvalue weighted by Gasteiger charge is 2.14. The molecule has 1 N–H and O–H groups in total. The van der Waals surface area contributed by atoms with E-state index < -0.39 is 0 Å². The number of fused-ring (bicyclic) bond motifs is 1. The largest absolute Gasteiger partial charge is 0.349 e. The van der Waals surface area contributed by atoms with Gasteiger partial charge in [-0.05, 0) is 22.4 Å². The fourth-order valence-electron chi connectivity index (χ4n) is 1.93. The summed E-state index contributed by atoms with van der Waals surface area (Å²) in [6.45, 7) is 0. The standard InChI is InChI=1S/C13H11ClN2S/c14-11(7-13-15-5-6-16-13)10-8-17-12-4-2-1-3-9(10)12/h1-6,8,11H,7H2,(H,15,16). The zero-order chi connectivity index (χ0) is 11.7. The number of imidazole rings is 1. The SMILES string of the molecule is ClC(Cc1ncc[nH]1)c1csc2ccccc12. The number of hydrogen-bond acceptors (Lipinski definition) is 2. The molecule has 1 aromatic carbocycles. The third-order valence-electron chi connectivity index (χ3n) is 2.78. The van der Waals surface area contributed by atoms with Crippen molar-refractivity contribution in [3.8, 4) is 0 Å². The van der Waals surface area contributed by atoms with Crippen molar-refractivity contribution in [2.75, 3.05) is 0 Å². The van der Waals surface area contributed by atoms with E-state index in [0.29, 0.717) is 0 Å². The van der Waals surface area contributed by atoms with Crippen LogP contribution in [0.2, 0.25) is 0 Å². The van der Waals surface area contributed by atoms with Crippen molar-refractivity contribution < 1.29 is 0 Å². The monoisotopic (exact) mass is 262 g/mol. The van der Waals surface area contributed by atoms with Crippen molar-refractivity contribution in [2.24, 2.45) is 0 Å². The molecule has 0 aliphatic rings. The Morgan fingerprint density at radius 3 is 3.06 bits per heavy atom. The summed E-state index contributed by atoms with van der Waals surface area (Å²) in [6, 6.07) is 8.35. The van der Waals surface area contributed by atoms with Crippen LogP contribution in [-0.4, -0.2) is 9.97 Å². The molecule has 0 bridgehead atoms. The molecular formula is C13H11ClN2S. The Hall–Kier alpha value is -1.32. The van der Waals surface area contributed by atoms with Crippen LogP contribution in [0.4, 0.5) is 0 Å². The molecule has 3 rings (SSSR count). The number of alkyl halides is 1. The fraction of sp³-hybridized carbons (Fsp3) is 0.154. The maximum atomic E-state index is 6.46. The van der Waals surface area contributed by atoms with Gasteiger partial charge in [-0.25, -0.2) is 4.98 Å². The molecule has 2 nitrogen and oxygen atoms in total. The van der Waals surface area contributed by atoms with E-state index in [4.69, 9.17) is 11.6 Å². The molecule has 0 saturated carbocycles. The van der Waals surface area contributed by atoms with Gasteiger partial charge >= 0.3 is 0 Å². The number of nitrogens with one attached hydrogen (secondary N) is 1. The van der Waals surface area contributed by atoms with Gasteiger partial charge in [0.05, 0.1) is 5.38 Å². The van der Waals surface area contributed by atoms with Crippen LogP contribution < -0.4 is 0 Å². The lowest BCUT2D eigenvalue weighted by atomic mass is 10.1. The van der Waals surface area contributed by atoms with Crippen molar-refractivity contribution in [1.29, 1.82) is 0 Å². The van der Waals surface area contributed by atoms with Crippen LogP contribution in [-0.2, 0) is 6.42 Å². The molecule has 1 atom stereocenters. The summed E-state index contributed by atoms with van der Waals surface area (Å²) < 4.78 is 1.28. The van der Waals surface area contributed by atoms with Gasteiger partial charge in [0.1, 0.15) is 5.82 Å². The third kappa shape index (κ3) is 2.08. The first-order chi connectivity index (χ1) is 8.34. The first kappa shape index (κ1) is 10.8. The molecule has 0 amide bonds. The zero-order valence-corrected chi connectivity index (χ0v) is 10.6. The first-order valence-corrected chi connectivity index (χ1v) is 6.74. The average molecular weight is 263 g/mol. The van der Waals surface area contributed by atoms with Gasteiger partial charge in [0.25, 0.3) is 0 Å². The van der Waals surface area contributed by atoms with Crippen molar-refractivity contribution in [3.05, 3.63) is 53.4 Å². The summed E-state index contributed by atoms with van der Waals surface area (Å²) in [4.78, 5) is 7.30. The lowest BCUT2D eigenvalue weighted by Crippen LogP contribution is -1.96. The van der Waals surface area contributed by atoms with Gasteiger partial charge in [-0.15, -0.1) is 22.9 Å². The smallest absolute Gasteiger partial charge is 0.107 e. The van der Waals surface area contributed by atoms with E-state index in [0.717, 1.165) is 12.2 Å². The molecule has 0 saturated heterocycles. The minimum atomic E-state index is -0.0303. The summed E-state index contributed by atoms with van der Waals surface area (Å²) >= 11 is 8.20. The highest BCUT2D eigenvalue weighted by atomic mass is 35.5. The number of halogens is 1. The Labute approximate surface area is 108 Å². The van der Waals surface area contributed by atoms with E-state index in [1.54, 1.807) is 17.5 Å². The Morgan fingerprint density at radius 1 is 1.35 bits per heavy atom. The molecule has 0 aliphatic carbocycles. The molecule has 0 spiro atoms. The molecule has 17 heavy (non-hydrogen) atoms. The van der Waals surface area contributed by atoms with Gasteiger partial charge in [-0.1, -0.05) is 18.2 Å². The predicted molar refractivity (Wildman–Crippen MR) is 72.7 cm³/mol. The first-order valence-electron chi connectivity index (χ1n) is 5.43. The lowest BCUT2D eigenvalue weighted by molar-refractivity contribution is 0.863. The van der Waals surface area contributed by atoms with Gasteiger partial charge in [0, 0.05) is 23.5 Å². The van der Waals surface area contributed by atoms with Crippen molar-refractivity contribution in [1.82, 2.24) is 9.97 Å².